The van der Waals surface area contributed by atoms with Crippen molar-refractivity contribution in [2.45, 2.75) is 0 Å². The van der Waals surface area contributed by atoms with E-state index < -0.39 is 0 Å². The lowest BCUT2D eigenvalue weighted by Gasteiger charge is -2.17. The predicted molar refractivity (Wildman–Crippen MR) is 261 cm³/mol. The zero-order valence-corrected chi connectivity index (χ0v) is 34.1. The van der Waals surface area contributed by atoms with Crippen molar-refractivity contribution in [2.75, 3.05) is 0 Å². The van der Waals surface area contributed by atoms with Crippen LogP contribution in [0.2, 0.25) is 0 Å². The van der Waals surface area contributed by atoms with Crippen LogP contribution >= 0.6 is 11.3 Å². The van der Waals surface area contributed by atoms with Crippen LogP contribution in [-0.4, -0.2) is 19.5 Å². The highest BCUT2D eigenvalue weighted by Crippen LogP contribution is 2.45. The zero-order chi connectivity index (χ0) is 40.7. The van der Waals surface area contributed by atoms with E-state index in [-0.39, 0.29) is 0 Å². The lowest BCUT2D eigenvalue weighted by Crippen LogP contribution is -2.02. The molecule has 0 N–H and O–H groups in total. The number of aromatic nitrogens is 4. The van der Waals surface area contributed by atoms with Crippen LogP contribution in [0.5, 0.6) is 0 Å². The molecule has 0 saturated heterocycles. The second-order valence-corrected chi connectivity index (χ2v) is 17.1. The van der Waals surface area contributed by atoms with E-state index >= 15 is 0 Å². The maximum Gasteiger partial charge on any atom is 0.164 e. The first-order valence-electron chi connectivity index (χ1n) is 20.9. The molecule has 0 atom stereocenters. The van der Waals surface area contributed by atoms with Crippen LogP contribution in [0.25, 0.3) is 125 Å². The van der Waals surface area contributed by atoms with Gasteiger partial charge in [-0.25, -0.2) is 15.0 Å². The lowest BCUT2D eigenvalue weighted by molar-refractivity contribution is 1.08. The van der Waals surface area contributed by atoms with Gasteiger partial charge in [-0.1, -0.05) is 152 Å². The van der Waals surface area contributed by atoms with Crippen molar-refractivity contribution in [1.29, 1.82) is 0 Å². The number of fused-ring (bicyclic) bond motifs is 9. The Labute approximate surface area is 360 Å². The minimum absolute atomic E-state index is 0.624. The summed E-state index contributed by atoms with van der Waals surface area (Å²) in [6.45, 7) is 0. The molecule has 10 aromatic carbocycles. The highest BCUT2D eigenvalue weighted by atomic mass is 32.1. The molecule has 4 nitrogen and oxygen atoms in total. The topological polar surface area (TPSA) is 43.6 Å². The van der Waals surface area contributed by atoms with Gasteiger partial charge in [-0.3, -0.25) is 0 Å². The molecule has 0 unspecified atom stereocenters. The van der Waals surface area contributed by atoms with Gasteiger partial charge in [0.05, 0.1) is 11.0 Å². The number of rotatable bonds is 5. The summed E-state index contributed by atoms with van der Waals surface area (Å²) >= 11 is 1.85. The number of para-hydroxylation sites is 1. The van der Waals surface area contributed by atoms with E-state index in [0.717, 1.165) is 49.8 Å². The second-order valence-electron chi connectivity index (χ2n) is 16.0. The zero-order valence-electron chi connectivity index (χ0n) is 33.3. The number of nitrogens with zero attached hydrogens (tertiary/aromatic N) is 4. The van der Waals surface area contributed by atoms with Gasteiger partial charge in [0.1, 0.15) is 0 Å². The van der Waals surface area contributed by atoms with Crippen molar-refractivity contribution in [3.05, 3.63) is 206 Å². The molecule has 5 heteroatoms. The minimum Gasteiger partial charge on any atom is -0.309 e. The maximum absolute atomic E-state index is 5.41. The molecule has 0 aliphatic carbocycles. The molecule has 0 saturated carbocycles. The molecule has 13 rings (SSSR count). The van der Waals surface area contributed by atoms with Crippen molar-refractivity contribution in [2.24, 2.45) is 0 Å². The lowest BCUT2D eigenvalue weighted by atomic mass is 9.93. The average molecular weight is 807 g/mol. The summed E-state index contributed by atoms with van der Waals surface area (Å²) in [6, 6.07) is 74.0. The average Bonchev–Trinajstić information content (AvgIpc) is 3.86. The standard InChI is InChI=1S/C57H34N4S/c1-2-15-36(16-3-1)55-58-56(45-25-12-21-35-14-8-9-22-42(35)45)60-57(59-55)46-29-28-41(61-50-26-11-10-23-43(50)48-30-37-17-4-6-19-39(37)32-51(48)61)34-47(46)44-24-13-27-52-54(44)49-31-38-18-5-7-20-40(38)33-53(49)62-52/h1-34H. The molecule has 0 fully saturated rings. The molecule has 0 bridgehead atoms. The Bertz CT molecular complexity index is 3930. The van der Waals surface area contributed by atoms with E-state index in [4.69, 9.17) is 15.0 Å². The van der Waals surface area contributed by atoms with Crippen molar-refractivity contribution in [3.63, 3.8) is 0 Å². The fourth-order valence-corrected chi connectivity index (χ4v) is 10.7. The van der Waals surface area contributed by atoms with Crippen LogP contribution < -0.4 is 0 Å². The van der Waals surface area contributed by atoms with Crippen LogP contribution in [0.1, 0.15) is 0 Å². The molecular weight excluding hydrogens is 773 g/mol. The molecule has 13 aromatic rings. The summed E-state index contributed by atoms with van der Waals surface area (Å²) in [5.41, 5.74) is 8.43. The van der Waals surface area contributed by atoms with Crippen molar-refractivity contribution in [3.8, 4) is 51.0 Å². The van der Waals surface area contributed by atoms with Crippen LogP contribution in [0.15, 0.2) is 206 Å². The highest BCUT2D eigenvalue weighted by molar-refractivity contribution is 7.26. The fraction of sp³-hybridized carbons (Fsp3) is 0. The third-order valence-corrected chi connectivity index (χ3v) is 13.5. The van der Waals surface area contributed by atoms with Gasteiger partial charge < -0.3 is 4.57 Å². The first-order valence-corrected chi connectivity index (χ1v) is 21.7. The Kier molecular flexibility index (Phi) is 7.74. The maximum atomic E-state index is 5.41. The van der Waals surface area contributed by atoms with E-state index in [2.05, 4.69) is 193 Å². The van der Waals surface area contributed by atoms with Crippen molar-refractivity contribution < 1.29 is 0 Å². The second kappa shape index (κ2) is 13.8. The molecule has 3 heterocycles. The van der Waals surface area contributed by atoms with E-state index in [0.29, 0.717) is 17.5 Å². The van der Waals surface area contributed by atoms with Crippen molar-refractivity contribution in [1.82, 2.24) is 19.5 Å². The van der Waals surface area contributed by atoms with Gasteiger partial charge >= 0.3 is 0 Å². The van der Waals surface area contributed by atoms with E-state index in [1.807, 2.05) is 29.5 Å². The first-order chi connectivity index (χ1) is 30.7. The van der Waals surface area contributed by atoms with Gasteiger partial charge in [0.25, 0.3) is 0 Å². The Morgan fingerprint density at radius 2 is 0.919 bits per heavy atom. The summed E-state index contributed by atoms with van der Waals surface area (Å²) in [4.78, 5) is 15.9. The van der Waals surface area contributed by atoms with E-state index in [1.54, 1.807) is 0 Å². The quantitative estimate of drug-likeness (QED) is 0.174. The molecule has 0 aliphatic rings. The van der Waals surface area contributed by atoms with Crippen LogP contribution in [-0.2, 0) is 0 Å². The number of benzene rings is 10. The predicted octanol–water partition coefficient (Wildman–Crippen LogP) is 15.5. The van der Waals surface area contributed by atoms with E-state index in [1.165, 1.54) is 58.0 Å². The van der Waals surface area contributed by atoms with Gasteiger partial charge in [0.15, 0.2) is 17.5 Å². The van der Waals surface area contributed by atoms with Gasteiger partial charge in [-0.2, -0.15) is 0 Å². The molecule has 0 radical (unpaired) electrons. The summed E-state index contributed by atoms with van der Waals surface area (Å²) in [5, 5.41) is 12.1. The molecule has 62 heavy (non-hydrogen) atoms. The molecule has 0 aliphatic heterocycles. The largest absolute Gasteiger partial charge is 0.309 e. The smallest absolute Gasteiger partial charge is 0.164 e. The van der Waals surface area contributed by atoms with Crippen LogP contribution in [0.3, 0.4) is 0 Å². The third kappa shape index (κ3) is 5.49. The van der Waals surface area contributed by atoms with Gasteiger partial charge in [-0.15, -0.1) is 11.3 Å². The Balaban J connectivity index is 1.13. The molecule has 3 aromatic heterocycles. The normalized spacial score (nSPS) is 11.9. The number of thiophene rings is 1. The Hall–Kier alpha value is -7.99. The summed E-state index contributed by atoms with van der Waals surface area (Å²) < 4.78 is 4.93. The summed E-state index contributed by atoms with van der Waals surface area (Å²) in [6.07, 6.45) is 0. The Morgan fingerprint density at radius 3 is 1.73 bits per heavy atom. The van der Waals surface area contributed by atoms with Gasteiger partial charge in [-0.05, 0) is 98.0 Å². The molecule has 288 valence electrons. The summed E-state index contributed by atoms with van der Waals surface area (Å²) in [5.74, 6) is 1.90. The highest BCUT2D eigenvalue weighted by Gasteiger charge is 2.22. The number of hydrogen-bond acceptors (Lipinski definition) is 4. The fourth-order valence-electron chi connectivity index (χ4n) is 9.51. The number of hydrogen-bond donors (Lipinski definition) is 0. The monoisotopic (exact) mass is 806 g/mol. The van der Waals surface area contributed by atoms with Crippen LogP contribution in [0, 0.1) is 0 Å². The Morgan fingerprint density at radius 1 is 0.323 bits per heavy atom. The van der Waals surface area contributed by atoms with E-state index in [9.17, 15) is 0 Å². The SMILES string of the molecule is c1ccc(-c2nc(-c3ccc(-n4c5ccccc5c5cc6ccccc6cc54)cc3-c3cccc4sc5cc6ccccc6cc5c34)nc(-c3cccc4ccccc34)n2)cc1. The minimum atomic E-state index is 0.624. The van der Waals surface area contributed by atoms with Crippen LogP contribution in [0.4, 0.5) is 0 Å². The molecule has 0 amide bonds. The molecular formula is C57H34N4S. The third-order valence-electron chi connectivity index (χ3n) is 12.4. The first kappa shape index (κ1) is 34.8. The summed E-state index contributed by atoms with van der Waals surface area (Å²) in [7, 11) is 0. The van der Waals surface area contributed by atoms with Gasteiger partial charge in [0, 0.05) is 53.3 Å². The van der Waals surface area contributed by atoms with Crippen molar-refractivity contribution >= 4 is 85.6 Å². The molecule has 0 spiro atoms. The van der Waals surface area contributed by atoms with Gasteiger partial charge in [0.2, 0.25) is 0 Å².